The highest BCUT2D eigenvalue weighted by atomic mass is 35.5. The van der Waals surface area contributed by atoms with Crippen molar-refractivity contribution in [3.63, 3.8) is 0 Å². The minimum absolute atomic E-state index is 0.253. The highest BCUT2D eigenvalue weighted by molar-refractivity contribution is 6.50. The molecule has 0 aromatic carbocycles. The monoisotopic (exact) mass is 442 g/mol. The van der Waals surface area contributed by atoms with Gasteiger partial charge in [-0.25, -0.2) is 0 Å². The van der Waals surface area contributed by atoms with Gasteiger partial charge in [-0.3, -0.25) is 0 Å². The largest absolute Gasteiger partial charge is 0.129 e. The molecular formula is C27H48Cl2. The Morgan fingerprint density at radius 1 is 0.586 bits per heavy atom. The van der Waals surface area contributed by atoms with E-state index in [1.54, 1.807) is 0 Å². The molecule has 0 aromatic rings. The lowest BCUT2D eigenvalue weighted by Gasteiger charge is -2.69. The fourth-order valence-corrected chi connectivity index (χ4v) is 8.26. The van der Waals surface area contributed by atoms with Crippen LogP contribution in [0, 0.1) is 22.7 Å². The molecule has 3 saturated carbocycles. The smallest absolute Gasteiger partial charge is 0.100 e. The van der Waals surface area contributed by atoms with Crippen molar-refractivity contribution in [3.05, 3.63) is 0 Å². The van der Waals surface area contributed by atoms with Gasteiger partial charge >= 0.3 is 0 Å². The van der Waals surface area contributed by atoms with Gasteiger partial charge < -0.3 is 0 Å². The normalized spacial score (nSPS) is 36.4. The third-order valence-electron chi connectivity index (χ3n) is 9.32. The van der Waals surface area contributed by atoms with Gasteiger partial charge in [0.2, 0.25) is 0 Å². The molecule has 2 spiro atoms. The number of rotatable bonds is 11. The van der Waals surface area contributed by atoms with E-state index < -0.39 is 4.33 Å². The summed E-state index contributed by atoms with van der Waals surface area (Å²) in [7, 11) is 0. The lowest BCUT2D eigenvalue weighted by molar-refractivity contribution is -0.115. The second-order valence-electron chi connectivity index (χ2n) is 11.3. The van der Waals surface area contributed by atoms with Crippen LogP contribution in [0.2, 0.25) is 0 Å². The maximum absolute atomic E-state index is 7.24. The molecule has 3 rings (SSSR count). The summed E-state index contributed by atoms with van der Waals surface area (Å²) >= 11 is 14.5. The number of hydrogen-bond donors (Lipinski definition) is 0. The summed E-state index contributed by atoms with van der Waals surface area (Å²) in [5.41, 5.74) is 0.506. The molecule has 0 radical (unpaired) electrons. The number of unbranched alkanes of at least 4 members (excludes halogenated alkanes) is 7. The molecule has 0 saturated heterocycles. The third kappa shape index (κ3) is 5.32. The van der Waals surface area contributed by atoms with Crippen molar-refractivity contribution in [1.29, 1.82) is 0 Å². The molecule has 0 atom stereocenters. The van der Waals surface area contributed by atoms with Crippen LogP contribution in [0.5, 0.6) is 0 Å². The first-order chi connectivity index (χ1) is 14.0. The van der Waals surface area contributed by atoms with Crippen LogP contribution in [0.1, 0.15) is 142 Å². The van der Waals surface area contributed by atoms with Crippen molar-refractivity contribution in [1.82, 2.24) is 0 Å². The summed E-state index contributed by atoms with van der Waals surface area (Å²) in [5.74, 6) is 1.89. The first kappa shape index (κ1) is 24.2. The van der Waals surface area contributed by atoms with Gasteiger partial charge in [0.25, 0.3) is 0 Å². The fourth-order valence-electron chi connectivity index (χ4n) is 7.24. The van der Waals surface area contributed by atoms with Crippen molar-refractivity contribution in [2.24, 2.45) is 22.7 Å². The topological polar surface area (TPSA) is 0 Å². The van der Waals surface area contributed by atoms with Gasteiger partial charge in [-0.2, -0.15) is 0 Å². The van der Waals surface area contributed by atoms with Gasteiger partial charge in [0, 0.05) is 10.8 Å². The molecule has 170 valence electrons. The van der Waals surface area contributed by atoms with E-state index in [2.05, 4.69) is 13.8 Å². The van der Waals surface area contributed by atoms with E-state index in [1.165, 1.54) is 128 Å². The van der Waals surface area contributed by atoms with Crippen molar-refractivity contribution in [2.45, 2.75) is 147 Å². The molecule has 0 aliphatic heterocycles. The summed E-state index contributed by atoms with van der Waals surface area (Å²) < 4.78 is -0.445. The van der Waals surface area contributed by atoms with E-state index in [4.69, 9.17) is 23.2 Å². The third-order valence-corrected chi connectivity index (χ3v) is 10.9. The van der Waals surface area contributed by atoms with E-state index in [9.17, 15) is 0 Å². The average molecular weight is 444 g/mol. The van der Waals surface area contributed by atoms with E-state index in [-0.39, 0.29) is 10.8 Å². The molecule has 0 N–H and O–H groups in total. The Hall–Kier alpha value is 0.580. The van der Waals surface area contributed by atoms with Gasteiger partial charge in [0.05, 0.1) is 0 Å². The minimum Gasteiger partial charge on any atom is -0.100 e. The molecule has 3 aliphatic rings. The molecule has 0 bridgehead atoms. The van der Waals surface area contributed by atoms with Crippen LogP contribution in [-0.4, -0.2) is 4.33 Å². The van der Waals surface area contributed by atoms with Crippen molar-refractivity contribution >= 4 is 23.2 Å². The molecule has 0 heterocycles. The SMILES string of the molecule is CCCCCCCCC1CCC2(CC1)CC1(CCC(CCCCC)CC1)C2(Cl)Cl. The van der Waals surface area contributed by atoms with Gasteiger partial charge in [-0.1, -0.05) is 84.5 Å². The van der Waals surface area contributed by atoms with Crippen LogP contribution in [0.4, 0.5) is 0 Å². The lowest BCUT2D eigenvalue weighted by atomic mass is 9.43. The summed E-state index contributed by atoms with van der Waals surface area (Å²) in [6.45, 7) is 4.61. The van der Waals surface area contributed by atoms with Crippen molar-refractivity contribution in [3.8, 4) is 0 Å². The Morgan fingerprint density at radius 2 is 0.966 bits per heavy atom. The molecule has 3 fully saturated rings. The number of halogens is 2. The van der Waals surface area contributed by atoms with E-state index in [0.29, 0.717) is 0 Å². The average Bonchev–Trinajstić information content (AvgIpc) is 2.73. The lowest BCUT2D eigenvalue weighted by Crippen LogP contribution is -2.66. The van der Waals surface area contributed by atoms with Crippen molar-refractivity contribution < 1.29 is 0 Å². The maximum Gasteiger partial charge on any atom is 0.129 e. The highest BCUT2D eigenvalue weighted by Gasteiger charge is 2.72. The molecule has 0 unspecified atom stereocenters. The molecule has 3 aliphatic carbocycles. The van der Waals surface area contributed by atoms with Gasteiger partial charge in [0.15, 0.2) is 0 Å². The summed E-state index contributed by atoms with van der Waals surface area (Å²) in [6, 6.07) is 0. The zero-order chi connectivity index (χ0) is 20.8. The second kappa shape index (κ2) is 10.9. The fraction of sp³-hybridized carbons (Fsp3) is 1.00. The van der Waals surface area contributed by atoms with Crippen LogP contribution in [0.25, 0.3) is 0 Å². The van der Waals surface area contributed by atoms with E-state index in [0.717, 1.165) is 11.8 Å². The molecule has 0 nitrogen and oxygen atoms in total. The first-order valence-electron chi connectivity index (χ1n) is 13.4. The Labute approximate surface area is 192 Å². The van der Waals surface area contributed by atoms with Crippen LogP contribution in [0.3, 0.4) is 0 Å². The van der Waals surface area contributed by atoms with E-state index >= 15 is 0 Å². The predicted molar refractivity (Wildman–Crippen MR) is 130 cm³/mol. The molecule has 2 heteroatoms. The maximum atomic E-state index is 7.24. The van der Waals surface area contributed by atoms with Crippen LogP contribution >= 0.6 is 23.2 Å². The number of alkyl halides is 2. The second-order valence-corrected chi connectivity index (χ2v) is 12.6. The molecule has 0 aromatic heterocycles. The van der Waals surface area contributed by atoms with Crippen molar-refractivity contribution in [2.75, 3.05) is 0 Å². The van der Waals surface area contributed by atoms with Gasteiger partial charge in [-0.05, 0) is 69.6 Å². The van der Waals surface area contributed by atoms with Gasteiger partial charge in [0.1, 0.15) is 4.33 Å². The highest BCUT2D eigenvalue weighted by Crippen LogP contribution is 2.76. The molecule has 0 amide bonds. The van der Waals surface area contributed by atoms with Gasteiger partial charge in [-0.15, -0.1) is 23.2 Å². The standard InChI is InChI=1S/C27H48Cl2/c1-3-5-7-8-9-11-13-24-16-20-26(21-17-24)22-25(27(26,28)29)18-14-23(15-19-25)12-10-6-4-2/h23-24H,3-22H2,1-2H3. The Bertz CT molecular complexity index is 467. The van der Waals surface area contributed by atoms with Crippen LogP contribution in [-0.2, 0) is 0 Å². The quantitative estimate of drug-likeness (QED) is 0.220. The Kier molecular flexibility index (Phi) is 9.14. The zero-order valence-corrected chi connectivity index (χ0v) is 21.1. The molecular weight excluding hydrogens is 395 g/mol. The van der Waals surface area contributed by atoms with Crippen LogP contribution < -0.4 is 0 Å². The Morgan fingerprint density at radius 3 is 1.41 bits per heavy atom. The van der Waals surface area contributed by atoms with Crippen LogP contribution in [0.15, 0.2) is 0 Å². The van der Waals surface area contributed by atoms with E-state index in [1.807, 2.05) is 0 Å². The minimum atomic E-state index is -0.445. The Balaban J connectivity index is 1.39. The summed E-state index contributed by atoms with van der Waals surface area (Å²) in [6.07, 6.45) is 27.6. The zero-order valence-electron chi connectivity index (χ0n) is 19.6. The predicted octanol–water partition coefficient (Wildman–Crippen LogP) is 10.2. The summed E-state index contributed by atoms with van der Waals surface area (Å²) in [4.78, 5) is 0. The summed E-state index contributed by atoms with van der Waals surface area (Å²) in [5, 5.41) is 0. The number of hydrogen-bond acceptors (Lipinski definition) is 0. The molecule has 29 heavy (non-hydrogen) atoms. The first-order valence-corrected chi connectivity index (χ1v) is 14.1.